The van der Waals surface area contributed by atoms with Crippen molar-refractivity contribution in [3.05, 3.63) is 52.5 Å². The number of ether oxygens (including phenoxy) is 1. The summed E-state index contributed by atoms with van der Waals surface area (Å²) in [4.78, 5) is 31.5. The molecule has 2 aromatic carbocycles. The zero-order valence-corrected chi connectivity index (χ0v) is 18.1. The molecule has 0 spiro atoms. The summed E-state index contributed by atoms with van der Waals surface area (Å²) in [6, 6.07) is 12.0. The molecule has 1 heterocycles. The molecular formula is C20H19Cl2N3O3S. The van der Waals surface area contributed by atoms with Crippen molar-refractivity contribution in [1.29, 1.82) is 0 Å². The van der Waals surface area contributed by atoms with Gasteiger partial charge in [0.15, 0.2) is 5.17 Å². The topological polar surface area (TPSA) is 71.0 Å². The van der Waals surface area contributed by atoms with E-state index in [1.54, 1.807) is 54.5 Å². The van der Waals surface area contributed by atoms with E-state index in [1.165, 1.54) is 11.8 Å². The molecule has 1 N–H and O–H groups in total. The van der Waals surface area contributed by atoms with Crippen LogP contribution in [0, 0.1) is 0 Å². The van der Waals surface area contributed by atoms with Crippen molar-refractivity contribution in [2.24, 2.45) is 4.99 Å². The maximum atomic E-state index is 12.8. The van der Waals surface area contributed by atoms with E-state index < -0.39 is 5.25 Å². The molecule has 0 saturated carbocycles. The highest BCUT2D eigenvalue weighted by Gasteiger charge is 2.35. The number of thioether (sulfide) groups is 1. The van der Waals surface area contributed by atoms with Gasteiger partial charge in [0.2, 0.25) is 11.8 Å². The number of amides is 2. The van der Waals surface area contributed by atoms with Crippen LogP contribution in [0.15, 0.2) is 47.5 Å². The molecule has 152 valence electrons. The van der Waals surface area contributed by atoms with Gasteiger partial charge in [0.05, 0.1) is 22.8 Å². The van der Waals surface area contributed by atoms with Crippen LogP contribution in [0.2, 0.25) is 10.0 Å². The summed E-state index contributed by atoms with van der Waals surface area (Å²) in [7, 11) is 1.56. The third-order valence-corrected chi connectivity index (χ3v) is 6.14. The van der Waals surface area contributed by atoms with Crippen LogP contribution in [0.4, 0.5) is 11.4 Å². The van der Waals surface area contributed by atoms with Gasteiger partial charge in [-0.3, -0.25) is 14.5 Å². The van der Waals surface area contributed by atoms with Crippen LogP contribution in [0.1, 0.15) is 13.3 Å². The summed E-state index contributed by atoms with van der Waals surface area (Å²) < 4.78 is 5.17. The molecule has 1 atom stereocenters. The van der Waals surface area contributed by atoms with Crippen molar-refractivity contribution in [3.63, 3.8) is 0 Å². The standard InChI is InChI=1S/C20H19Cl2N3O3S/c1-3-25-18(26)11-17(19(27)23-12-5-4-6-14(9-12)28-2)29-20(25)24-13-7-8-15(21)16(22)10-13/h4-10,17H,3,11H2,1-2H3,(H,23,27). The second-order valence-electron chi connectivity index (χ2n) is 6.16. The molecule has 0 radical (unpaired) electrons. The van der Waals surface area contributed by atoms with Gasteiger partial charge in [0.25, 0.3) is 0 Å². The van der Waals surface area contributed by atoms with Crippen molar-refractivity contribution in [2.45, 2.75) is 18.6 Å². The van der Waals surface area contributed by atoms with E-state index in [4.69, 9.17) is 27.9 Å². The molecule has 1 saturated heterocycles. The largest absolute Gasteiger partial charge is 0.497 e. The molecule has 2 aromatic rings. The molecule has 0 aromatic heterocycles. The van der Waals surface area contributed by atoms with Crippen molar-refractivity contribution in [2.75, 3.05) is 19.0 Å². The monoisotopic (exact) mass is 451 g/mol. The number of hydrogen-bond acceptors (Lipinski definition) is 5. The number of methoxy groups -OCH3 is 1. The van der Waals surface area contributed by atoms with E-state index in [1.807, 2.05) is 6.92 Å². The Kier molecular flexibility index (Phi) is 7.05. The van der Waals surface area contributed by atoms with Gasteiger partial charge in [-0.25, -0.2) is 4.99 Å². The predicted molar refractivity (Wildman–Crippen MR) is 119 cm³/mol. The van der Waals surface area contributed by atoms with E-state index in [9.17, 15) is 9.59 Å². The summed E-state index contributed by atoms with van der Waals surface area (Å²) in [5.41, 5.74) is 1.16. The number of benzene rings is 2. The van der Waals surface area contributed by atoms with Crippen LogP contribution < -0.4 is 10.1 Å². The van der Waals surface area contributed by atoms with Gasteiger partial charge in [-0.2, -0.15) is 0 Å². The zero-order chi connectivity index (χ0) is 21.0. The van der Waals surface area contributed by atoms with Crippen LogP contribution in [-0.2, 0) is 9.59 Å². The number of hydrogen-bond donors (Lipinski definition) is 1. The second kappa shape index (κ2) is 9.52. The minimum atomic E-state index is -0.599. The summed E-state index contributed by atoms with van der Waals surface area (Å²) in [5.74, 6) is 0.208. The van der Waals surface area contributed by atoms with Crippen LogP contribution in [-0.4, -0.2) is 40.8 Å². The highest BCUT2D eigenvalue weighted by molar-refractivity contribution is 8.15. The average molecular weight is 452 g/mol. The van der Waals surface area contributed by atoms with Crippen molar-refractivity contribution in [3.8, 4) is 5.75 Å². The lowest BCUT2D eigenvalue weighted by Gasteiger charge is -2.31. The Morgan fingerprint density at radius 1 is 1.28 bits per heavy atom. The smallest absolute Gasteiger partial charge is 0.238 e. The lowest BCUT2D eigenvalue weighted by atomic mass is 10.2. The van der Waals surface area contributed by atoms with Crippen LogP contribution >= 0.6 is 35.0 Å². The van der Waals surface area contributed by atoms with Gasteiger partial charge in [-0.1, -0.05) is 41.0 Å². The third-order valence-electron chi connectivity index (χ3n) is 4.21. The Balaban J connectivity index is 1.82. The minimum absolute atomic E-state index is 0.0920. The maximum Gasteiger partial charge on any atom is 0.238 e. The summed E-state index contributed by atoms with van der Waals surface area (Å²) in [6.07, 6.45) is 0.0920. The first-order valence-corrected chi connectivity index (χ1v) is 10.5. The lowest BCUT2D eigenvalue weighted by molar-refractivity contribution is -0.129. The number of rotatable bonds is 5. The van der Waals surface area contributed by atoms with Crippen LogP contribution in [0.3, 0.4) is 0 Å². The molecule has 9 heteroatoms. The number of aliphatic imine (C=N–C) groups is 1. The third kappa shape index (κ3) is 5.23. The van der Waals surface area contributed by atoms with Crippen molar-refractivity contribution < 1.29 is 14.3 Å². The lowest BCUT2D eigenvalue weighted by Crippen LogP contribution is -2.45. The summed E-state index contributed by atoms with van der Waals surface area (Å²) >= 11 is 13.3. The van der Waals surface area contributed by atoms with Gasteiger partial charge < -0.3 is 10.1 Å². The molecule has 3 rings (SSSR count). The predicted octanol–water partition coefficient (Wildman–Crippen LogP) is 4.98. The van der Waals surface area contributed by atoms with Gasteiger partial charge in [0.1, 0.15) is 11.0 Å². The van der Waals surface area contributed by atoms with Crippen LogP contribution in [0.25, 0.3) is 0 Å². The van der Waals surface area contributed by atoms with Gasteiger partial charge in [-0.15, -0.1) is 0 Å². The Morgan fingerprint density at radius 3 is 2.76 bits per heavy atom. The Bertz CT molecular complexity index is 968. The summed E-state index contributed by atoms with van der Waals surface area (Å²) in [5, 5.41) is 3.48. The maximum absolute atomic E-state index is 12.8. The molecule has 1 unspecified atom stereocenters. The minimum Gasteiger partial charge on any atom is -0.497 e. The Labute approximate surface area is 183 Å². The first-order valence-electron chi connectivity index (χ1n) is 8.87. The molecule has 6 nitrogen and oxygen atoms in total. The number of carbonyl (C=O) groups excluding carboxylic acids is 2. The second-order valence-corrected chi connectivity index (χ2v) is 8.15. The number of anilines is 1. The molecule has 0 aliphatic carbocycles. The SMILES string of the molecule is CCN1C(=O)CC(C(=O)Nc2cccc(OC)c2)SC1=Nc1ccc(Cl)c(Cl)c1. The number of halogens is 2. The van der Waals surface area contributed by atoms with Gasteiger partial charge in [-0.05, 0) is 37.3 Å². The Morgan fingerprint density at radius 2 is 2.07 bits per heavy atom. The highest BCUT2D eigenvalue weighted by atomic mass is 35.5. The number of carbonyl (C=O) groups is 2. The molecule has 1 aliphatic heterocycles. The quantitative estimate of drug-likeness (QED) is 0.695. The number of nitrogens with zero attached hydrogens (tertiary/aromatic N) is 2. The van der Waals surface area contributed by atoms with E-state index in [0.29, 0.717) is 38.9 Å². The zero-order valence-electron chi connectivity index (χ0n) is 15.8. The van der Waals surface area contributed by atoms with Crippen LogP contribution in [0.5, 0.6) is 5.75 Å². The highest BCUT2D eigenvalue weighted by Crippen LogP contribution is 2.32. The fourth-order valence-corrected chi connectivity index (χ4v) is 4.20. The first-order chi connectivity index (χ1) is 13.9. The molecule has 1 fully saturated rings. The van der Waals surface area contributed by atoms with E-state index in [-0.39, 0.29) is 18.2 Å². The normalized spacial score (nSPS) is 18.1. The number of amidine groups is 1. The molecule has 2 amide bonds. The molecule has 0 bridgehead atoms. The average Bonchev–Trinajstić information content (AvgIpc) is 2.70. The fraction of sp³-hybridized carbons (Fsp3) is 0.250. The fourth-order valence-electron chi connectivity index (χ4n) is 2.74. The van der Waals surface area contributed by atoms with E-state index >= 15 is 0 Å². The van der Waals surface area contributed by atoms with Gasteiger partial charge in [0, 0.05) is 24.7 Å². The van der Waals surface area contributed by atoms with E-state index in [0.717, 1.165) is 0 Å². The molecular weight excluding hydrogens is 433 g/mol. The van der Waals surface area contributed by atoms with Crippen molar-refractivity contribution >= 4 is 63.3 Å². The molecule has 29 heavy (non-hydrogen) atoms. The first kappa shape index (κ1) is 21.5. The van der Waals surface area contributed by atoms with E-state index in [2.05, 4.69) is 10.3 Å². The van der Waals surface area contributed by atoms with Crippen molar-refractivity contribution in [1.82, 2.24) is 4.90 Å². The van der Waals surface area contributed by atoms with Gasteiger partial charge >= 0.3 is 0 Å². The summed E-state index contributed by atoms with van der Waals surface area (Å²) in [6.45, 7) is 2.32. The number of nitrogens with one attached hydrogen (secondary N) is 1. The Hall–Kier alpha value is -2.22. The molecule has 1 aliphatic rings.